The van der Waals surface area contributed by atoms with Gasteiger partial charge in [0.25, 0.3) is 0 Å². The van der Waals surface area contributed by atoms with Gasteiger partial charge in [0.05, 0.1) is 6.10 Å². The van der Waals surface area contributed by atoms with Crippen LogP contribution in [0.15, 0.2) is 23.8 Å². The SMILES string of the molecule is COC(CCCC(C)C)C1CCC2C3C(CCC12C)C1(C)CCC=CC1=CC31CCC(C(C)C)C1. The van der Waals surface area contributed by atoms with Crippen LogP contribution < -0.4 is 0 Å². The average molecular weight is 481 g/mol. The predicted octanol–water partition coefficient (Wildman–Crippen LogP) is 9.63. The summed E-state index contributed by atoms with van der Waals surface area (Å²) in [7, 11) is 2.01. The highest BCUT2D eigenvalue weighted by molar-refractivity contribution is 5.38. The van der Waals surface area contributed by atoms with Crippen LogP contribution in [0.3, 0.4) is 0 Å². The molecule has 3 fully saturated rings. The zero-order valence-corrected chi connectivity index (χ0v) is 24.2. The lowest BCUT2D eigenvalue weighted by atomic mass is 9.42. The summed E-state index contributed by atoms with van der Waals surface area (Å²) in [5.41, 5.74) is 3.07. The molecule has 0 radical (unpaired) electrons. The molecule has 3 saturated carbocycles. The number of fused-ring (bicyclic) bond motifs is 6. The molecule has 1 heteroatoms. The van der Waals surface area contributed by atoms with Crippen molar-refractivity contribution in [3.63, 3.8) is 0 Å². The third-order valence-corrected chi connectivity index (χ3v) is 12.6. The normalized spacial score (nSPS) is 45.5. The molecule has 5 aliphatic rings. The largest absolute Gasteiger partial charge is 0.381 e. The molecular weight excluding hydrogens is 424 g/mol. The molecule has 0 bridgehead atoms. The maximum absolute atomic E-state index is 6.32. The highest BCUT2D eigenvalue weighted by Gasteiger charge is 2.65. The fourth-order valence-corrected chi connectivity index (χ4v) is 10.6. The van der Waals surface area contributed by atoms with Gasteiger partial charge in [0.15, 0.2) is 0 Å². The summed E-state index contributed by atoms with van der Waals surface area (Å²) in [6, 6.07) is 0. The van der Waals surface area contributed by atoms with E-state index >= 15 is 0 Å². The molecule has 5 aliphatic carbocycles. The molecule has 0 aliphatic heterocycles. The van der Waals surface area contributed by atoms with Gasteiger partial charge in [-0.3, -0.25) is 0 Å². The van der Waals surface area contributed by atoms with Crippen molar-refractivity contribution in [3.8, 4) is 0 Å². The van der Waals surface area contributed by atoms with E-state index in [0.29, 0.717) is 22.3 Å². The van der Waals surface area contributed by atoms with Crippen molar-refractivity contribution in [2.45, 2.75) is 125 Å². The van der Waals surface area contributed by atoms with Gasteiger partial charge >= 0.3 is 0 Å². The van der Waals surface area contributed by atoms with Gasteiger partial charge in [-0.25, -0.2) is 0 Å². The van der Waals surface area contributed by atoms with Crippen molar-refractivity contribution < 1.29 is 4.74 Å². The van der Waals surface area contributed by atoms with E-state index in [-0.39, 0.29) is 0 Å². The second-order valence-corrected chi connectivity index (χ2v) is 15.0. The van der Waals surface area contributed by atoms with Gasteiger partial charge in [-0.05, 0) is 127 Å². The van der Waals surface area contributed by atoms with Gasteiger partial charge in [-0.1, -0.05) is 72.6 Å². The van der Waals surface area contributed by atoms with E-state index in [9.17, 15) is 0 Å². The monoisotopic (exact) mass is 480 g/mol. The maximum Gasteiger partial charge on any atom is 0.0604 e. The fourth-order valence-electron chi connectivity index (χ4n) is 10.6. The minimum Gasteiger partial charge on any atom is -0.381 e. The highest BCUT2D eigenvalue weighted by Crippen LogP contribution is 2.72. The van der Waals surface area contributed by atoms with E-state index in [1.54, 1.807) is 5.57 Å². The molecule has 198 valence electrons. The van der Waals surface area contributed by atoms with Crippen molar-refractivity contribution in [2.75, 3.05) is 7.11 Å². The Bertz CT molecular complexity index is 820. The third-order valence-electron chi connectivity index (χ3n) is 12.6. The van der Waals surface area contributed by atoms with Crippen molar-refractivity contribution in [2.24, 2.45) is 57.7 Å². The minimum atomic E-state index is 0.415. The van der Waals surface area contributed by atoms with Crippen molar-refractivity contribution in [1.82, 2.24) is 0 Å². The van der Waals surface area contributed by atoms with Crippen LogP contribution in [0.4, 0.5) is 0 Å². The van der Waals surface area contributed by atoms with Gasteiger partial charge < -0.3 is 4.74 Å². The Hall–Kier alpha value is -0.560. The van der Waals surface area contributed by atoms with Crippen LogP contribution in [-0.4, -0.2) is 13.2 Å². The Labute approximate surface area is 217 Å². The standard InChI is InChI=1S/C34H56O/c1-23(2)11-10-13-30(35-7)27-14-15-28-31-29(17-19-33(27,28)6)32(5)18-9-8-12-26(32)22-34(31)20-16-25(21-34)24(3)4/h8,12,22-25,27-31H,9-11,13-21H2,1-7H3. The first-order valence-electron chi connectivity index (χ1n) is 15.6. The summed E-state index contributed by atoms with van der Waals surface area (Å²) in [5.74, 6) is 5.97. The second kappa shape index (κ2) is 9.63. The maximum atomic E-state index is 6.32. The van der Waals surface area contributed by atoms with Gasteiger partial charge in [-0.2, -0.15) is 0 Å². The Morgan fingerprint density at radius 2 is 1.74 bits per heavy atom. The average Bonchev–Trinajstić information content (AvgIpc) is 3.39. The molecule has 0 aromatic carbocycles. The summed E-state index contributed by atoms with van der Waals surface area (Å²) in [6.07, 6.45) is 25.1. The second-order valence-electron chi connectivity index (χ2n) is 15.0. The van der Waals surface area contributed by atoms with Crippen LogP contribution in [0.25, 0.3) is 0 Å². The summed E-state index contributed by atoms with van der Waals surface area (Å²) < 4.78 is 6.32. The number of hydrogen-bond acceptors (Lipinski definition) is 1. The van der Waals surface area contributed by atoms with Gasteiger partial charge in [0, 0.05) is 7.11 Å². The number of allylic oxidation sites excluding steroid dienone is 4. The molecule has 0 saturated heterocycles. The van der Waals surface area contributed by atoms with Crippen molar-refractivity contribution in [1.29, 1.82) is 0 Å². The highest BCUT2D eigenvalue weighted by atomic mass is 16.5. The van der Waals surface area contributed by atoms with E-state index in [1.807, 2.05) is 7.11 Å². The third kappa shape index (κ3) is 4.23. The molecular formula is C34H56O. The zero-order valence-electron chi connectivity index (χ0n) is 24.2. The van der Waals surface area contributed by atoms with E-state index in [2.05, 4.69) is 59.8 Å². The Balaban J connectivity index is 1.49. The van der Waals surface area contributed by atoms with Crippen LogP contribution >= 0.6 is 0 Å². The first-order chi connectivity index (χ1) is 16.6. The summed E-state index contributed by atoms with van der Waals surface area (Å²) in [6.45, 7) is 15.1. The number of rotatable bonds is 7. The van der Waals surface area contributed by atoms with E-state index < -0.39 is 0 Å². The number of methoxy groups -OCH3 is 1. The molecule has 9 unspecified atom stereocenters. The van der Waals surface area contributed by atoms with Crippen molar-refractivity contribution in [3.05, 3.63) is 23.8 Å². The van der Waals surface area contributed by atoms with Gasteiger partial charge in [0.2, 0.25) is 0 Å². The minimum absolute atomic E-state index is 0.415. The number of ether oxygens (including phenoxy) is 1. The van der Waals surface area contributed by atoms with E-state index in [4.69, 9.17) is 4.74 Å². The molecule has 0 amide bonds. The molecule has 0 aromatic heterocycles. The lowest BCUT2D eigenvalue weighted by Gasteiger charge is -2.62. The molecule has 1 spiro atoms. The first-order valence-corrected chi connectivity index (χ1v) is 15.6. The fraction of sp³-hybridized carbons (Fsp3) is 0.882. The van der Waals surface area contributed by atoms with E-state index in [0.717, 1.165) is 41.4 Å². The quantitative estimate of drug-likeness (QED) is 0.352. The Morgan fingerprint density at radius 1 is 0.943 bits per heavy atom. The van der Waals surface area contributed by atoms with Gasteiger partial charge in [-0.15, -0.1) is 0 Å². The summed E-state index contributed by atoms with van der Waals surface area (Å²) >= 11 is 0. The van der Waals surface area contributed by atoms with E-state index in [1.165, 1.54) is 77.0 Å². The topological polar surface area (TPSA) is 9.23 Å². The molecule has 1 nitrogen and oxygen atoms in total. The Kier molecular flexibility index (Phi) is 7.17. The van der Waals surface area contributed by atoms with Gasteiger partial charge in [0.1, 0.15) is 0 Å². The molecule has 0 N–H and O–H groups in total. The lowest BCUT2D eigenvalue weighted by molar-refractivity contribution is -0.108. The zero-order chi connectivity index (χ0) is 25.0. The van der Waals surface area contributed by atoms with Crippen LogP contribution in [0.1, 0.15) is 119 Å². The van der Waals surface area contributed by atoms with Crippen LogP contribution in [0.5, 0.6) is 0 Å². The van der Waals surface area contributed by atoms with Crippen LogP contribution in [0.2, 0.25) is 0 Å². The molecule has 5 rings (SSSR count). The predicted molar refractivity (Wildman–Crippen MR) is 149 cm³/mol. The lowest BCUT2D eigenvalue weighted by Crippen LogP contribution is -2.56. The molecule has 9 atom stereocenters. The number of hydrogen-bond donors (Lipinski definition) is 0. The molecule has 0 heterocycles. The van der Waals surface area contributed by atoms with Crippen LogP contribution in [-0.2, 0) is 4.74 Å². The Morgan fingerprint density at radius 3 is 2.43 bits per heavy atom. The smallest absolute Gasteiger partial charge is 0.0604 e. The molecule has 35 heavy (non-hydrogen) atoms. The molecule has 0 aromatic rings. The van der Waals surface area contributed by atoms with Crippen LogP contribution in [0, 0.1) is 57.7 Å². The summed E-state index contributed by atoms with van der Waals surface area (Å²) in [4.78, 5) is 0. The summed E-state index contributed by atoms with van der Waals surface area (Å²) in [5, 5.41) is 0. The first kappa shape index (κ1) is 26.1. The van der Waals surface area contributed by atoms with Crippen molar-refractivity contribution >= 4 is 0 Å².